The van der Waals surface area contributed by atoms with Crippen LogP contribution in [0.15, 0.2) is 72.8 Å². The van der Waals surface area contributed by atoms with Crippen LogP contribution in [0, 0.1) is 5.82 Å². The molecular formula is C24H19ClFN3O2S. The maximum atomic E-state index is 13.9. The van der Waals surface area contributed by atoms with E-state index < -0.39 is 4.87 Å². The zero-order chi connectivity index (χ0) is 22.3. The van der Waals surface area contributed by atoms with Crippen LogP contribution in [0.3, 0.4) is 0 Å². The molecule has 1 spiro atoms. The predicted molar refractivity (Wildman–Crippen MR) is 125 cm³/mol. The standard InChI is InChI=1S/C24H19ClFN3O2S/c25-17-4-3-5-19(14-17)27-23(31)29-12-13-32-24(29)20-6-1-2-7-21(20)28(22(24)30)15-16-8-10-18(26)11-9-16/h1-11,14H,12-13,15H2,(H,27,31)/t24-/m0/s1. The number of benzene rings is 3. The van der Waals surface area contributed by atoms with E-state index in [1.807, 2.05) is 24.3 Å². The highest BCUT2D eigenvalue weighted by Gasteiger charge is 2.59. The van der Waals surface area contributed by atoms with Crippen LogP contribution in [0.25, 0.3) is 0 Å². The molecule has 3 aromatic rings. The van der Waals surface area contributed by atoms with Gasteiger partial charge in [-0.2, -0.15) is 0 Å². The molecule has 0 aliphatic carbocycles. The summed E-state index contributed by atoms with van der Waals surface area (Å²) in [5.74, 6) is 0.133. The second-order valence-corrected chi connectivity index (χ2v) is 9.34. The second kappa shape index (κ2) is 8.15. The Labute approximate surface area is 194 Å². The summed E-state index contributed by atoms with van der Waals surface area (Å²) < 4.78 is 13.4. The average molecular weight is 468 g/mol. The van der Waals surface area contributed by atoms with Crippen LogP contribution in [0.5, 0.6) is 0 Å². The molecule has 162 valence electrons. The Bertz CT molecular complexity index is 1210. The lowest BCUT2D eigenvalue weighted by molar-refractivity contribution is -0.123. The normalized spacial score (nSPS) is 19.5. The molecule has 0 saturated carbocycles. The minimum absolute atomic E-state index is 0.174. The van der Waals surface area contributed by atoms with Crippen molar-refractivity contribution in [2.45, 2.75) is 11.4 Å². The number of halogens is 2. The van der Waals surface area contributed by atoms with Crippen LogP contribution in [-0.2, 0) is 16.2 Å². The molecule has 0 bridgehead atoms. The fraction of sp³-hybridized carbons (Fsp3) is 0.167. The quantitative estimate of drug-likeness (QED) is 0.556. The Morgan fingerprint density at radius 1 is 1.09 bits per heavy atom. The Kier molecular flexibility index (Phi) is 5.31. The molecule has 0 radical (unpaired) electrons. The van der Waals surface area contributed by atoms with E-state index >= 15 is 0 Å². The van der Waals surface area contributed by atoms with Crippen molar-refractivity contribution in [3.63, 3.8) is 0 Å². The number of amides is 3. The highest BCUT2D eigenvalue weighted by Crippen LogP contribution is 2.54. The highest BCUT2D eigenvalue weighted by atomic mass is 35.5. The number of nitrogens with zero attached hydrogens (tertiary/aromatic N) is 2. The molecule has 32 heavy (non-hydrogen) atoms. The summed E-state index contributed by atoms with van der Waals surface area (Å²) in [6.45, 7) is 0.726. The van der Waals surface area contributed by atoms with E-state index in [1.165, 1.54) is 23.9 Å². The van der Waals surface area contributed by atoms with Gasteiger partial charge < -0.3 is 10.2 Å². The molecule has 5 nitrogen and oxygen atoms in total. The molecule has 3 amide bonds. The van der Waals surface area contributed by atoms with Crippen molar-refractivity contribution in [1.29, 1.82) is 0 Å². The number of thioether (sulfide) groups is 1. The largest absolute Gasteiger partial charge is 0.323 e. The van der Waals surface area contributed by atoms with Crippen LogP contribution in [0.1, 0.15) is 11.1 Å². The van der Waals surface area contributed by atoms with Crippen molar-refractivity contribution < 1.29 is 14.0 Å². The third-order valence-corrected chi connectivity index (χ3v) is 7.33. The van der Waals surface area contributed by atoms with Crippen LogP contribution in [-0.4, -0.2) is 29.1 Å². The second-order valence-electron chi connectivity index (χ2n) is 7.62. The van der Waals surface area contributed by atoms with Crippen LogP contribution in [0.2, 0.25) is 5.02 Å². The SMILES string of the molecule is O=C(Nc1cccc(Cl)c1)N1CCS[C@@]12C(=O)N(Cc1ccc(F)cc1)c1ccccc12. The zero-order valence-electron chi connectivity index (χ0n) is 16.9. The van der Waals surface area contributed by atoms with Gasteiger partial charge in [-0.05, 0) is 42.0 Å². The first-order chi connectivity index (χ1) is 15.5. The van der Waals surface area contributed by atoms with Crippen molar-refractivity contribution in [2.75, 3.05) is 22.5 Å². The Balaban J connectivity index is 1.50. The molecule has 1 saturated heterocycles. The first-order valence-corrected chi connectivity index (χ1v) is 11.5. The maximum Gasteiger partial charge on any atom is 0.323 e. The van der Waals surface area contributed by atoms with Crippen molar-refractivity contribution in [3.05, 3.63) is 94.8 Å². The monoisotopic (exact) mass is 467 g/mol. The first-order valence-electron chi connectivity index (χ1n) is 10.1. The summed E-state index contributed by atoms with van der Waals surface area (Å²) in [6.07, 6.45) is 0. The third-order valence-electron chi connectivity index (χ3n) is 5.68. The molecule has 3 aromatic carbocycles. The number of hydrogen-bond donors (Lipinski definition) is 1. The van der Waals surface area contributed by atoms with Gasteiger partial charge in [-0.3, -0.25) is 9.69 Å². The lowest BCUT2D eigenvalue weighted by atomic mass is 10.1. The number of para-hydroxylation sites is 1. The molecular weight excluding hydrogens is 449 g/mol. The van der Waals surface area contributed by atoms with E-state index in [0.717, 1.165) is 16.8 Å². The Hall–Kier alpha value is -3.03. The minimum Gasteiger partial charge on any atom is -0.308 e. The average Bonchev–Trinajstić information content (AvgIpc) is 3.33. The molecule has 8 heteroatoms. The maximum absolute atomic E-state index is 13.9. The van der Waals surface area contributed by atoms with E-state index in [2.05, 4.69) is 5.32 Å². The van der Waals surface area contributed by atoms with Gasteiger partial charge in [0.05, 0.1) is 12.2 Å². The van der Waals surface area contributed by atoms with Gasteiger partial charge in [0.25, 0.3) is 5.91 Å². The summed E-state index contributed by atoms with van der Waals surface area (Å²) in [6, 6.07) is 20.2. The molecule has 2 heterocycles. The van der Waals surface area contributed by atoms with E-state index in [-0.39, 0.29) is 17.8 Å². The molecule has 1 N–H and O–H groups in total. The number of fused-ring (bicyclic) bond motifs is 2. The van der Waals surface area contributed by atoms with Crippen molar-refractivity contribution in [3.8, 4) is 0 Å². The van der Waals surface area contributed by atoms with Gasteiger partial charge in [-0.25, -0.2) is 9.18 Å². The lowest BCUT2D eigenvalue weighted by Crippen LogP contribution is -2.51. The van der Waals surface area contributed by atoms with Gasteiger partial charge in [-0.1, -0.05) is 48.0 Å². The van der Waals surface area contributed by atoms with Crippen LogP contribution in [0.4, 0.5) is 20.6 Å². The van der Waals surface area contributed by atoms with Gasteiger partial charge in [0, 0.05) is 28.6 Å². The van der Waals surface area contributed by atoms with E-state index in [4.69, 9.17) is 11.6 Å². The van der Waals surface area contributed by atoms with Crippen LogP contribution < -0.4 is 10.2 Å². The van der Waals surface area contributed by atoms with E-state index in [9.17, 15) is 14.0 Å². The zero-order valence-corrected chi connectivity index (χ0v) is 18.5. The van der Waals surface area contributed by atoms with E-state index in [0.29, 0.717) is 29.6 Å². The lowest BCUT2D eigenvalue weighted by Gasteiger charge is -2.33. The summed E-state index contributed by atoms with van der Waals surface area (Å²) in [5, 5.41) is 3.39. The molecule has 0 unspecified atom stereocenters. The van der Waals surface area contributed by atoms with Crippen molar-refractivity contribution >= 4 is 46.7 Å². The smallest absolute Gasteiger partial charge is 0.308 e. The van der Waals surface area contributed by atoms with Gasteiger partial charge in [0.1, 0.15) is 5.82 Å². The number of anilines is 2. The summed E-state index contributed by atoms with van der Waals surface area (Å²) in [7, 11) is 0. The number of carbonyl (C=O) groups excluding carboxylic acids is 2. The number of carbonyl (C=O) groups is 2. The molecule has 1 atom stereocenters. The van der Waals surface area contributed by atoms with Crippen molar-refractivity contribution in [2.24, 2.45) is 0 Å². The van der Waals surface area contributed by atoms with Gasteiger partial charge in [0.15, 0.2) is 4.87 Å². The Morgan fingerprint density at radius 3 is 2.66 bits per heavy atom. The number of hydrogen-bond acceptors (Lipinski definition) is 3. The van der Waals surface area contributed by atoms with Gasteiger partial charge in [-0.15, -0.1) is 11.8 Å². The molecule has 0 aromatic heterocycles. The predicted octanol–water partition coefficient (Wildman–Crippen LogP) is 5.46. The topological polar surface area (TPSA) is 52.7 Å². The highest BCUT2D eigenvalue weighted by molar-refractivity contribution is 8.01. The molecule has 5 rings (SSSR count). The fourth-order valence-electron chi connectivity index (χ4n) is 4.25. The third kappa shape index (κ3) is 3.42. The van der Waals surface area contributed by atoms with Crippen molar-refractivity contribution in [1.82, 2.24) is 4.90 Å². The van der Waals surface area contributed by atoms with E-state index in [1.54, 1.807) is 46.2 Å². The van der Waals surface area contributed by atoms with Gasteiger partial charge in [0.2, 0.25) is 0 Å². The Morgan fingerprint density at radius 2 is 1.88 bits per heavy atom. The summed E-state index contributed by atoms with van der Waals surface area (Å²) in [4.78, 5) is 29.3. The molecule has 2 aliphatic heterocycles. The first kappa shape index (κ1) is 20.8. The summed E-state index contributed by atoms with van der Waals surface area (Å²) >= 11 is 7.51. The summed E-state index contributed by atoms with van der Waals surface area (Å²) in [5.41, 5.74) is 2.92. The minimum atomic E-state index is -1.14. The fourth-order valence-corrected chi connectivity index (χ4v) is 5.91. The number of nitrogens with one attached hydrogen (secondary N) is 1. The molecule has 2 aliphatic rings. The number of rotatable bonds is 3. The molecule has 1 fully saturated rings. The number of urea groups is 1. The van der Waals surface area contributed by atoms with Gasteiger partial charge >= 0.3 is 6.03 Å². The van der Waals surface area contributed by atoms with Crippen LogP contribution >= 0.6 is 23.4 Å².